The smallest absolute Gasteiger partial charge is 0.226 e. The fourth-order valence-electron chi connectivity index (χ4n) is 2.10. The molecule has 0 amide bonds. The molecule has 1 N–H and O–H groups in total. The van der Waals surface area contributed by atoms with Gasteiger partial charge >= 0.3 is 0 Å². The van der Waals surface area contributed by atoms with Crippen LogP contribution in [0.15, 0.2) is 12.3 Å². The van der Waals surface area contributed by atoms with Crippen molar-refractivity contribution < 1.29 is 0 Å². The average molecular weight is 235 g/mol. The zero-order valence-corrected chi connectivity index (χ0v) is 10.8. The Morgan fingerprint density at radius 2 is 2.35 bits per heavy atom. The van der Waals surface area contributed by atoms with Crippen molar-refractivity contribution in [1.29, 1.82) is 0 Å². The molecule has 1 aliphatic heterocycles. The van der Waals surface area contributed by atoms with E-state index in [-0.39, 0.29) is 0 Å². The molecule has 1 aliphatic rings. The number of nitrogens with zero attached hydrogens (tertiary/aromatic N) is 4. The van der Waals surface area contributed by atoms with Crippen LogP contribution in [0.25, 0.3) is 0 Å². The summed E-state index contributed by atoms with van der Waals surface area (Å²) in [6.45, 7) is 3.38. The first kappa shape index (κ1) is 12.1. The zero-order valence-electron chi connectivity index (χ0n) is 10.8. The first-order chi connectivity index (χ1) is 8.15. The molecule has 1 aromatic rings. The van der Waals surface area contributed by atoms with Crippen molar-refractivity contribution in [1.82, 2.24) is 14.9 Å². The third-order valence-electron chi connectivity index (χ3n) is 3.10. The van der Waals surface area contributed by atoms with Gasteiger partial charge in [0.1, 0.15) is 5.82 Å². The maximum Gasteiger partial charge on any atom is 0.226 e. The molecule has 0 aliphatic carbocycles. The van der Waals surface area contributed by atoms with E-state index in [1.54, 1.807) is 6.20 Å². The van der Waals surface area contributed by atoms with Gasteiger partial charge in [0.15, 0.2) is 0 Å². The highest BCUT2D eigenvalue weighted by molar-refractivity contribution is 5.40. The molecule has 1 atom stereocenters. The summed E-state index contributed by atoms with van der Waals surface area (Å²) in [5.41, 5.74) is 0. The molecule has 94 valence electrons. The minimum absolute atomic E-state index is 0.734. The standard InChI is InChI=1S/C12H21N5/c1-16(2)12-13-6-4-11(15-12)14-8-10-5-7-17(3)9-10/h4,6,10H,5,7-9H2,1-3H3,(H,13,14,15). The first-order valence-electron chi connectivity index (χ1n) is 6.08. The molecule has 0 spiro atoms. The van der Waals surface area contributed by atoms with Crippen molar-refractivity contribution in [3.05, 3.63) is 12.3 Å². The second-order valence-corrected chi connectivity index (χ2v) is 4.93. The SMILES string of the molecule is CN1CCC(CNc2ccnc(N(C)C)n2)C1. The van der Waals surface area contributed by atoms with Crippen LogP contribution in [0.5, 0.6) is 0 Å². The summed E-state index contributed by atoms with van der Waals surface area (Å²) < 4.78 is 0. The van der Waals surface area contributed by atoms with Crippen molar-refractivity contribution in [2.45, 2.75) is 6.42 Å². The molecular formula is C12H21N5. The fraction of sp³-hybridized carbons (Fsp3) is 0.667. The van der Waals surface area contributed by atoms with Crippen LogP contribution >= 0.6 is 0 Å². The van der Waals surface area contributed by atoms with Gasteiger partial charge in [-0.2, -0.15) is 4.98 Å². The van der Waals surface area contributed by atoms with Gasteiger partial charge in [-0.25, -0.2) is 4.98 Å². The minimum Gasteiger partial charge on any atom is -0.370 e. The van der Waals surface area contributed by atoms with Crippen molar-refractivity contribution >= 4 is 11.8 Å². The molecular weight excluding hydrogens is 214 g/mol. The van der Waals surface area contributed by atoms with Crippen molar-refractivity contribution in [3.63, 3.8) is 0 Å². The van der Waals surface area contributed by atoms with Gasteiger partial charge < -0.3 is 15.1 Å². The zero-order chi connectivity index (χ0) is 12.3. The molecule has 2 rings (SSSR count). The van der Waals surface area contributed by atoms with E-state index in [9.17, 15) is 0 Å². The number of nitrogens with one attached hydrogen (secondary N) is 1. The minimum atomic E-state index is 0.734. The molecule has 1 aromatic heterocycles. The number of likely N-dealkylation sites (tertiary alicyclic amines) is 1. The number of hydrogen-bond donors (Lipinski definition) is 1. The Balaban J connectivity index is 1.88. The fourth-order valence-corrected chi connectivity index (χ4v) is 2.10. The lowest BCUT2D eigenvalue weighted by Gasteiger charge is -2.14. The molecule has 0 bridgehead atoms. The summed E-state index contributed by atoms with van der Waals surface area (Å²) in [5.74, 6) is 2.40. The normalized spacial score (nSPS) is 20.5. The van der Waals surface area contributed by atoms with Gasteiger partial charge in [0.25, 0.3) is 0 Å². The van der Waals surface area contributed by atoms with E-state index in [1.807, 2.05) is 25.1 Å². The second kappa shape index (κ2) is 5.31. The van der Waals surface area contributed by atoms with Crippen molar-refractivity contribution in [3.8, 4) is 0 Å². The first-order valence-corrected chi connectivity index (χ1v) is 6.08. The third kappa shape index (κ3) is 3.30. The Morgan fingerprint density at radius 3 is 3.00 bits per heavy atom. The molecule has 5 heteroatoms. The van der Waals surface area contributed by atoms with E-state index < -0.39 is 0 Å². The highest BCUT2D eigenvalue weighted by Crippen LogP contribution is 2.15. The summed E-state index contributed by atoms with van der Waals surface area (Å²) in [6.07, 6.45) is 3.07. The van der Waals surface area contributed by atoms with Crippen LogP contribution in [0.1, 0.15) is 6.42 Å². The molecule has 0 aromatic carbocycles. The Labute approximate surface area is 103 Å². The molecule has 1 unspecified atom stereocenters. The number of anilines is 2. The summed E-state index contributed by atoms with van der Waals surface area (Å²) in [7, 11) is 6.07. The van der Waals surface area contributed by atoms with Gasteiger partial charge in [-0.05, 0) is 32.0 Å². The third-order valence-corrected chi connectivity index (χ3v) is 3.10. The molecule has 5 nitrogen and oxygen atoms in total. The van der Waals surface area contributed by atoms with Crippen LogP contribution in [0, 0.1) is 5.92 Å². The predicted molar refractivity (Wildman–Crippen MR) is 70.5 cm³/mol. The summed E-state index contributed by atoms with van der Waals surface area (Å²) in [5, 5.41) is 3.40. The van der Waals surface area contributed by atoms with Crippen molar-refractivity contribution in [2.75, 3.05) is 51.0 Å². The molecule has 0 saturated carbocycles. The van der Waals surface area contributed by atoms with E-state index in [0.717, 1.165) is 24.2 Å². The Bertz CT molecular complexity index is 366. The summed E-state index contributed by atoms with van der Waals surface area (Å²) >= 11 is 0. The van der Waals surface area contributed by atoms with Gasteiger partial charge in [0, 0.05) is 33.4 Å². The van der Waals surface area contributed by atoms with Crippen LogP contribution in [0.4, 0.5) is 11.8 Å². The number of rotatable bonds is 4. The van der Waals surface area contributed by atoms with Crippen LogP contribution in [-0.2, 0) is 0 Å². The second-order valence-electron chi connectivity index (χ2n) is 4.93. The Kier molecular flexibility index (Phi) is 3.78. The highest BCUT2D eigenvalue weighted by atomic mass is 15.2. The lowest BCUT2D eigenvalue weighted by molar-refractivity contribution is 0.399. The molecule has 0 radical (unpaired) electrons. The Hall–Kier alpha value is -1.36. The molecule has 17 heavy (non-hydrogen) atoms. The van der Waals surface area contributed by atoms with Gasteiger partial charge in [-0.1, -0.05) is 0 Å². The van der Waals surface area contributed by atoms with Crippen LogP contribution in [0.3, 0.4) is 0 Å². The van der Waals surface area contributed by atoms with Crippen LogP contribution in [-0.4, -0.2) is 55.6 Å². The van der Waals surface area contributed by atoms with E-state index in [2.05, 4.69) is 27.2 Å². The van der Waals surface area contributed by atoms with Crippen LogP contribution < -0.4 is 10.2 Å². The maximum absolute atomic E-state index is 4.44. The predicted octanol–water partition coefficient (Wildman–Crippen LogP) is 0.906. The number of aromatic nitrogens is 2. The monoisotopic (exact) mass is 235 g/mol. The molecule has 1 fully saturated rings. The van der Waals surface area contributed by atoms with Crippen LogP contribution in [0.2, 0.25) is 0 Å². The van der Waals surface area contributed by atoms with E-state index >= 15 is 0 Å². The number of hydrogen-bond acceptors (Lipinski definition) is 5. The van der Waals surface area contributed by atoms with Gasteiger partial charge in [0.05, 0.1) is 0 Å². The van der Waals surface area contributed by atoms with E-state index in [4.69, 9.17) is 0 Å². The summed E-state index contributed by atoms with van der Waals surface area (Å²) in [6, 6.07) is 1.92. The lowest BCUT2D eigenvalue weighted by Crippen LogP contribution is -2.20. The van der Waals surface area contributed by atoms with Gasteiger partial charge in [0.2, 0.25) is 5.95 Å². The lowest BCUT2D eigenvalue weighted by atomic mass is 10.1. The Morgan fingerprint density at radius 1 is 1.53 bits per heavy atom. The highest BCUT2D eigenvalue weighted by Gasteiger charge is 2.18. The maximum atomic E-state index is 4.44. The molecule has 1 saturated heterocycles. The van der Waals surface area contributed by atoms with Gasteiger partial charge in [-0.3, -0.25) is 0 Å². The molecule has 2 heterocycles. The summed E-state index contributed by atoms with van der Waals surface area (Å²) in [4.78, 5) is 12.9. The topological polar surface area (TPSA) is 44.3 Å². The van der Waals surface area contributed by atoms with Gasteiger partial charge in [-0.15, -0.1) is 0 Å². The average Bonchev–Trinajstić information content (AvgIpc) is 2.73. The van der Waals surface area contributed by atoms with Crippen molar-refractivity contribution in [2.24, 2.45) is 5.92 Å². The largest absolute Gasteiger partial charge is 0.370 e. The van der Waals surface area contributed by atoms with E-state index in [0.29, 0.717) is 0 Å². The quantitative estimate of drug-likeness (QED) is 0.840. The van der Waals surface area contributed by atoms with E-state index in [1.165, 1.54) is 19.5 Å².